The highest BCUT2D eigenvalue weighted by Gasteiger charge is 2.34. The Bertz CT molecular complexity index is 1660. The lowest BCUT2D eigenvalue weighted by atomic mass is 10.00. The van der Waals surface area contributed by atoms with Gasteiger partial charge in [-0.05, 0) is 36.3 Å². The minimum Gasteiger partial charge on any atom is -0.418 e. The van der Waals surface area contributed by atoms with Crippen molar-refractivity contribution in [2.45, 2.75) is 57.7 Å². The number of amides is 3. The summed E-state index contributed by atoms with van der Waals surface area (Å²) in [7, 11) is 0. The van der Waals surface area contributed by atoms with E-state index in [4.69, 9.17) is 9.47 Å². The summed E-state index contributed by atoms with van der Waals surface area (Å²) in [6.07, 6.45) is 0.363. The number of halogens is 5. The van der Waals surface area contributed by atoms with Crippen LogP contribution < -0.4 is 20.7 Å². The minimum atomic E-state index is -2.43. The molecule has 0 spiro atoms. The fraction of sp³-hybridized carbons (Fsp3) is 0.405. The lowest BCUT2D eigenvalue weighted by Gasteiger charge is -2.28. The van der Waals surface area contributed by atoms with E-state index in [2.05, 4.69) is 16.0 Å². The lowest BCUT2D eigenvalue weighted by molar-refractivity contribution is -0.140. The van der Waals surface area contributed by atoms with Gasteiger partial charge in [0.2, 0.25) is 52.6 Å². The van der Waals surface area contributed by atoms with E-state index in [1.807, 2.05) is 35.2 Å². The quantitative estimate of drug-likeness (QED) is 0.0669. The molecule has 1 aliphatic heterocycles. The molecule has 0 saturated carbocycles. The van der Waals surface area contributed by atoms with Crippen molar-refractivity contribution in [3.63, 3.8) is 0 Å². The van der Waals surface area contributed by atoms with E-state index in [0.717, 1.165) is 5.56 Å². The van der Waals surface area contributed by atoms with E-state index in [-0.39, 0.29) is 31.7 Å². The molecule has 1 saturated heterocycles. The van der Waals surface area contributed by atoms with Crippen molar-refractivity contribution in [2.75, 3.05) is 32.8 Å². The second-order valence-electron chi connectivity index (χ2n) is 12.8. The molecule has 0 aromatic heterocycles. The Morgan fingerprint density at radius 2 is 1.23 bits per heavy atom. The van der Waals surface area contributed by atoms with Gasteiger partial charge in [0.15, 0.2) is 0 Å². The summed E-state index contributed by atoms with van der Waals surface area (Å²) in [5.41, 5.74) is 1.37. The summed E-state index contributed by atoms with van der Waals surface area (Å²) in [4.78, 5) is 55.8. The molecule has 0 bridgehead atoms. The normalized spacial score (nSPS) is 15.0. The Morgan fingerprint density at radius 1 is 0.712 bits per heavy atom. The molecule has 3 unspecified atom stereocenters. The van der Waals surface area contributed by atoms with E-state index >= 15 is 0 Å². The number of aryl methyl sites for hydroxylation is 1. The molecule has 1 aliphatic rings. The summed E-state index contributed by atoms with van der Waals surface area (Å²) < 4.78 is 80.3. The molecule has 3 atom stereocenters. The molecular formula is C37H41F5N4O6. The van der Waals surface area contributed by atoms with Crippen molar-refractivity contribution in [3.05, 3.63) is 101 Å². The molecule has 4 rings (SSSR count). The summed E-state index contributed by atoms with van der Waals surface area (Å²) in [5, 5.41) is 7.88. The van der Waals surface area contributed by atoms with Gasteiger partial charge in [-0.25, -0.2) is 18.0 Å². The number of ether oxygens (including phenoxy) is 2. The number of nitrogens with zero attached hydrogens (tertiary/aromatic N) is 1. The first-order chi connectivity index (χ1) is 24.8. The van der Waals surface area contributed by atoms with Crippen LogP contribution in [0.4, 0.5) is 22.0 Å². The van der Waals surface area contributed by atoms with Crippen LogP contribution in [0.1, 0.15) is 37.8 Å². The van der Waals surface area contributed by atoms with Crippen molar-refractivity contribution < 1.29 is 50.6 Å². The van der Waals surface area contributed by atoms with E-state index < -0.39 is 76.7 Å². The molecule has 15 heteroatoms. The fourth-order valence-electron chi connectivity index (χ4n) is 5.56. The average Bonchev–Trinajstić information content (AvgIpc) is 3.13. The number of carbonyl (C=O) groups is 4. The Morgan fingerprint density at radius 3 is 1.81 bits per heavy atom. The Labute approximate surface area is 298 Å². The van der Waals surface area contributed by atoms with Gasteiger partial charge >= 0.3 is 5.97 Å². The van der Waals surface area contributed by atoms with Gasteiger partial charge in [-0.3, -0.25) is 19.3 Å². The zero-order chi connectivity index (χ0) is 37.8. The summed E-state index contributed by atoms with van der Waals surface area (Å²) in [5.74, 6) is -17.3. The molecular weight excluding hydrogens is 691 g/mol. The number of rotatable bonds is 16. The molecule has 1 fully saturated rings. The van der Waals surface area contributed by atoms with Gasteiger partial charge in [-0.1, -0.05) is 74.5 Å². The van der Waals surface area contributed by atoms with Crippen molar-refractivity contribution in [3.8, 4) is 5.75 Å². The number of nitrogens with one attached hydrogen (secondary N) is 3. The van der Waals surface area contributed by atoms with E-state index in [1.165, 1.54) is 0 Å². The first kappa shape index (κ1) is 39.9. The predicted octanol–water partition coefficient (Wildman–Crippen LogP) is 4.00. The van der Waals surface area contributed by atoms with Crippen LogP contribution in [-0.4, -0.2) is 79.6 Å². The van der Waals surface area contributed by atoms with Crippen molar-refractivity contribution >= 4 is 23.7 Å². The van der Waals surface area contributed by atoms with Crippen LogP contribution >= 0.6 is 0 Å². The second kappa shape index (κ2) is 19.1. The fourth-order valence-corrected chi connectivity index (χ4v) is 5.56. The molecule has 1 heterocycles. The highest BCUT2D eigenvalue weighted by atomic mass is 19.2. The van der Waals surface area contributed by atoms with Gasteiger partial charge in [0, 0.05) is 19.5 Å². The van der Waals surface area contributed by atoms with Gasteiger partial charge in [0.25, 0.3) is 0 Å². The van der Waals surface area contributed by atoms with Gasteiger partial charge in [0.05, 0.1) is 19.8 Å². The van der Waals surface area contributed by atoms with Crippen molar-refractivity contribution in [2.24, 2.45) is 5.92 Å². The third-order valence-corrected chi connectivity index (χ3v) is 8.28. The maximum Gasteiger partial charge on any atom is 0.334 e. The highest BCUT2D eigenvalue weighted by Crippen LogP contribution is 2.29. The highest BCUT2D eigenvalue weighted by molar-refractivity contribution is 5.94. The van der Waals surface area contributed by atoms with Crippen LogP contribution in [0.5, 0.6) is 5.75 Å². The molecule has 3 amide bonds. The Balaban J connectivity index is 1.55. The zero-order valence-electron chi connectivity index (χ0n) is 28.7. The molecule has 52 heavy (non-hydrogen) atoms. The first-order valence-electron chi connectivity index (χ1n) is 16.8. The smallest absolute Gasteiger partial charge is 0.334 e. The number of carbonyl (C=O) groups excluding carboxylic acids is 4. The van der Waals surface area contributed by atoms with Crippen LogP contribution in [0.2, 0.25) is 0 Å². The van der Waals surface area contributed by atoms with Crippen LogP contribution in [0.15, 0.2) is 60.7 Å². The molecule has 3 N–H and O–H groups in total. The molecule has 10 nitrogen and oxygen atoms in total. The average molecular weight is 733 g/mol. The number of morpholine rings is 1. The second-order valence-corrected chi connectivity index (χ2v) is 12.8. The van der Waals surface area contributed by atoms with Crippen molar-refractivity contribution in [1.82, 2.24) is 20.9 Å². The van der Waals surface area contributed by atoms with Crippen molar-refractivity contribution in [1.29, 1.82) is 0 Å². The van der Waals surface area contributed by atoms with Crippen LogP contribution in [0, 0.1) is 35.0 Å². The topological polar surface area (TPSA) is 126 Å². The number of benzene rings is 3. The molecule has 280 valence electrons. The van der Waals surface area contributed by atoms with Crippen LogP contribution in [0.25, 0.3) is 0 Å². The van der Waals surface area contributed by atoms with E-state index in [1.54, 1.807) is 44.2 Å². The summed E-state index contributed by atoms with van der Waals surface area (Å²) in [6.45, 7) is 5.62. The molecule has 0 aliphatic carbocycles. The van der Waals surface area contributed by atoms with Gasteiger partial charge < -0.3 is 25.4 Å². The molecule has 3 aromatic rings. The van der Waals surface area contributed by atoms with Gasteiger partial charge in [-0.15, -0.1) is 0 Å². The monoisotopic (exact) mass is 732 g/mol. The molecule has 0 radical (unpaired) electrons. The maximum absolute atomic E-state index is 14.4. The van der Waals surface area contributed by atoms with Crippen LogP contribution in [-0.2, 0) is 36.8 Å². The summed E-state index contributed by atoms with van der Waals surface area (Å²) >= 11 is 0. The molecule has 3 aromatic carbocycles. The predicted molar refractivity (Wildman–Crippen MR) is 179 cm³/mol. The third-order valence-electron chi connectivity index (χ3n) is 8.28. The maximum atomic E-state index is 14.4. The van der Waals surface area contributed by atoms with E-state index in [0.29, 0.717) is 38.3 Å². The zero-order valence-corrected chi connectivity index (χ0v) is 28.7. The first-order valence-corrected chi connectivity index (χ1v) is 16.8. The number of esters is 1. The lowest BCUT2D eigenvalue weighted by Crippen LogP contribution is -2.57. The Kier molecular flexibility index (Phi) is 14.6. The minimum absolute atomic E-state index is 0.0285. The Hall–Kier alpha value is -4.89. The third kappa shape index (κ3) is 11.3. The van der Waals surface area contributed by atoms with Gasteiger partial charge in [0.1, 0.15) is 18.1 Å². The standard InChI is InChI=1S/C37H41F5N4O6/c1-22(2)19-26(44-35(48)25(14-13-23-9-5-3-6-10-23)43-28(47)21-46-15-17-51-18-16-46)36(49)45-27(20-24-11-7-4-8-12-24)37(50)52-34-32(41)30(39)29(38)31(40)33(34)42/h3-12,22,25-27H,13-21H2,1-2H3,(H,43,47)(H,44,48)(H,45,49). The number of hydrogen-bond donors (Lipinski definition) is 3. The van der Waals surface area contributed by atoms with E-state index in [9.17, 15) is 41.1 Å². The van der Waals surface area contributed by atoms with Crippen LogP contribution in [0.3, 0.4) is 0 Å². The summed E-state index contributed by atoms with van der Waals surface area (Å²) in [6, 6.07) is 13.3. The number of hydrogen-bond acceptors (Lipinski definition) is 7. The van der Waals surface area contributed by atoms with Gasteiger partial charge in [-0.2, -0.15) is 8.78 Å². The largest absolute Gasteiger partial charge is 0.418 e. The SMILES string of the molecule is CC(C)CC(NC(=O)C(CCc1ccccc1)NC(=O)CN1CCOCC1)C(=O)NC(Cc1ccccc1)C(=O)Oc1c(F)c(F)c(F)c(F)c1F.